The average molecular weight is 374 g/mol. The highest BCUT2D eigenvalue weighted by atomic mass is 35.5. The van der Waals surface area contributed by atoms with Gasteiger partial charge in [-0.1, -0.05) is 35.9 Å². The number of carbonyl (C=O) groups is 1. The van der Waals surface area contributed by atoms with Crippen LogP contribution >= 0.6 is 11.6 Å². The summed E-state index contributed by atoms with van der Waals surface area (Å²) in [7, 11) is 1.65. The summed E-state index contributed by atoms with van der Waals surface area (Å²) in [5.74, 6) is 0.843. The van der Waals surface area contributed by atoms with Crippen LogP contribution in [-0.2, 0) is 21.5 Å². The number of halogens is 1. The van der Waals surface area contributed by atoms with E-state index in [2.05, 4.69) is 5.32 Å². The highest BCUT2D eigenvalue weighted by Crippen LogP contribution is 2.36. The summed E-state index contributed by atoms with van der Waals surface area (Å²) in [5.41, 5.74) is 2.43. The first-order valence-corrected chi connectivity index (χ1v) is 9.18. The molecule has 2 aromatic rings. The minimum atomic E-state index is -0.599. The van der Waals surface area contributed by atoms with Crippen molar-refractivity contribution >= 4 is 17.5 Å². The lowest BCUT2D eigenvalue weighted by molar-refractivity contribution is -0.130. The molecule has 0 spiro atoms. The van der Waals surface area contributed by atoms with Crippen molar-refractivity contribution in [2.24, 2.45) is 0 Å². The topological polar surface area (TPSA) is 47.6 Å². The van der Waals surface area contributed by atoms with E-state index < -0.39 is 5.41 Å². The van der Waals surface area contributed by atoms with Crippen LogP contribution in [0.3, 0.4) is 0 Å². The van der Waals surface area contributed by atoms with E-state index in [4.69, 9.17) is 21.1 Å². The molecule has 5 heteroatoms. The van der Waals surface area contributed by atoms with Gasteiger partial charge in [0.1, 0.15) is 5.75 Å². The van der Waals surface area contributed by atoms with Gasteiger partial charge in [0.2, 0.25) is 5.91 Å². The van der Waals surface area contributed by atoms with Crippen LogP contribution in [0.1, 0.15) is 29.5 Å². The van der Waals surface area contributed by atoms with E-state index in [1.54, 1.807) is 7.11 Å². The lowest BCUT2D eigenvalue weighted by Gasteiger charge is -2.36. The first kappa shape index (κ1) is 18.7. The van der Waals surface area contributed by atoms with Crippen LogP contribution in [-0.4, -0.2) is 26.2 Å². The van der Waals surface area contributed by atoms with Gasteiger partial charge >= 0.3 is 0 Å². The van der Waals surface area contributed by atoms with E-state index in [1.165, 1.54) is 0 Å². The number of amides is 1. The maximum absolute atomic E-state index is 13.2. The van der Waals surface area contributed by atoms with Gasteiger partial charge in [0.05, 0.1) is 12.5 Å². The predicted octanol–water partition coefficient (Wildman–Crippen LogP) is 4.02. The van der Waals surface area contributed by atoms with Gasteiger partial charge < -0.3 is 14.8 Å². The zero-order valence-electron chi connectivity index (χ0n) is 15.2. The van der Waals surface area contributed by atoms with Crippen LogP contribution in [0.4, 0.5) is 0 Å². The first-order valence-electron chi connectivity index (χ1n) is 8.81. The van der Waals surface area contributed by atoms with Gasteiger partial charge in [-0.3, -0.25) is 4.79 Å². The maximum atomic E-state index is 13.2. The van der Waals surface area contributed by atoms with Crippen molar-refractivity contribution in [2.45, 2.75) is 31.7 Å². The number of hydrogen-bond acceptors (Lipinski definition) is 3. The Morgan fingerprint density at radius 3 is 2.69 bits per heavy atom. The second kappa shape index (κ2) is 8.11. The number of ether oxygens (including phenoxy) is 2. The van der Waals surface area contributed by atoms with Gasteiger partial charge in [-0.05, 0) is 54.7 Å². The lowest BCUT2D eigenvalue weighted by atomic mass is 9.73. The molecule has 0 radical (unpaired) electrons. The van der Waals surface area contributed by atoms with Crippen LogP contribution < -0.4 is 10.1 Å². The van der Waals surface area contributed by atoms with Gasteiger partial charge in [-0.15, -0.1) is 0 Å². The molecule has 0 aliphatic carbocycles. The van der Waals surface area contributed by atoms with E-state index >= 15 is 0 Å². The zero-order chi connectivity index (χ0) is 18.6. The van der Waals surface area contributed by atoms with Gasteiger partial charge in [0, 0.05) is 24.8 Å². The molecular formula is C21H24ClNO3. The molecule has 1 saturated heterocycles. The molecule has 0 aromatic heterocycles. The molecule has 0 saturated carbocycles. The molecule has 4 nitrogen and oxygen atoms in total. The predicted molar refractivity (Wildman–Crippen MR) is 103 cm³/mol. The molecule has 1 amide bonds. The summed E-state index contributed by atoms with van der Waals surface area (Å²) in [6.07, 6.45) is 1.30. The number of benzene rings is 2. The summed E-state index contributed by atoms with van der Waals surface area (Å²) in [6, 6.07) is 13.6. The number of carbonyl (C=O) groups excluding carboxylic acids is 1. The van der Waals surface area contributed by atoms with Crippen molar-refractivity contribution in [3.05, 3.63) is 64.2 Å². The molecular weight excluding hydrogens is 350 g/mol. The largest absolute Gasteiger partial charge is 0.496 e. The van der Waals surface area contributed by atoms with Crippen molar-refractivity contribution < 1.29 is 14.3 Å². The summed E-state index contributed by atoms with van der Waals surface area (Å²) >= 11 is 6.18. The fourth-order valence-corrected chi connectivity index (χ4v) is 3.67. The number of methoxy groups -OCH3 is 1. The van der Waals surface area contributed by atoms with E-state index in [0.717, 1.165) is 22.4 Å². The molecule has 1 aliphatic rings. The molecule has 1 aliphatic heterocycles. The summed E-state index contributed by atoms with van der Waals surface area (Å²) in [4.78, 5) is 13.2. The quantitative estimate of drug-likeness (QED) is 0.861. The second-order valence-electron chi connectivity index (χ2n) is 6.69. The van der Waals surface area contributed by atoms with E-state index in [-0.39, 0.29) is 5.91 Å². The third kappa shape index (κ3) is 3.87. The Balaban J connectivity index is 1.80. The molecule has 1 N–H and O–H groups in total. The van der Waals surface area contributed by atoms with Crippen molar-refractivity contribution in [3.63, 3.8) is 0 Å². The molecule has 2 aromatic carbocycles. The third-order valence-corrected chi connectivity index (χ3v) is 5.32. The SMILES string of the molecule is COc1cc(CNC(=O)C2(c3cccc(Cl)c3)CCOCC2)ccc1C. The number of rotatable bonds is 5. The van der Waals surface area contributed by atoms with Crippen LogP contribution in [0.25, 0.3) is 0 Å². The monoisotopic (exact) mass is 373 g/mol. The number of hydrogen-bond donors (Lipinski definition) is 1. The van der Waals surface area contributed by atoms with E-state index in [9.17, 15) is 4.79 Å². The number of aryl methyl sites for hydroxylation is 1. The van der Waals surface area contributed by atoms with Crippen molar-refractivity contribution in [2.75, 3.05) is 20.3 Å². The van der Waals surface area contributed by atoms with Crippen LogP contribution in [0.5, 0.6) is 5.75 Å². The van der Waals surface area contributed by atoms with Crippen LogP contribution in [0.2, 0.25) is 5.02 Å². The van der Waals surface area contributed by atoms with Crippen molar-refractivity contribution in [1.82, 2.24) is 5.32 Å². The van der Waals surface area contributed by atoms with Gasteiger partial charge in [-0.25, -0.2) is 0 Å². The van der Waals surface area contributed by atoms with Gasteiger partial charge in [0.25, 0.3) is 0 Å². The lowest BCUT2D eigenvalue weighted by Crippen LogP contribution is -2.47. The van der Waals surface area contributed by atoms with Gasteiger partial charge in [-0.2, -0.15) is 0 Å². The van der Waals surface area contributed by atoms with Crippen LogP contribution in [0.15, 0.2) is 42.5 Å². The highest BCUT2D eigenvalue weighted by Gasteiger charge is 2.41. The third-order valence-electron chi connectivity index (χ3n) is 5.08. The number of nitrogens with one attached hydrogen (secondary N) is 1. The average Bonchev–Trinajstić information content (AvgIpc) is 2.67. The molecule has 1 fully saturated rings. The Morgan fingerprint density at radius 2 is 2.00 bits per heavy atom. The molecule has 0 bridgehead atoms. The fraction of sp³-hybridized carbons (Fsp3) is 0.381. The summed E-state index contributed by atoms with van der Waals surface area (Å²) in [5, 5.41) is 3.75. The Bertz CT molecular complexity index is 785. The summed E-state index contributed by atoms with van der Waals surface area (Å²) < 4.78 is 10.9. The second-order valence-corrected chi connectivity index (χ2v) is 7.13. The Kier molecular flexibility index (Phi) is 5.84. The highest BCUT2D eigenvalue weighted by molar-refractivity contribution is 6.30. The standard InChI is InChI=1S/C21H24ClNO3/c1-15-6-7-16(12-19(15)25-2)14-23-20(24)21(8-10-26-11-9-21)17-4-3-5-18(22)13-17/h3-7,12-13H,8-11,14H2,1-2H3,(H,23,24). The minimum Gasteiger partial charge on any atom is -0.496 e. The fourth-order valence-electron chi connectivity index (χ4n) is 3.48. The molecule has 1 heterocycles. The Morgan fingerprint density at radius 1 is 1.23 bits per heavy atom. The van der Waals surface area contributed by atoms with E-state index in [1.807, 2.05) is 49.4 Å². The molecule has 0 atom stereocenters. The van der Waals surface area contributed by atoms with Crippen LogP contribution in [0, 0.1) is 6.92 Å². The Labute approximate surface area is 159 Å². The summed E-state index contributed by atoms with van der Waals surface area (Å²) in [6.45, 7) is 3.59. The Hall–Kier alpha value is -2.04. The minimum absolute atomic E-state index is 0.0163. The van der Waals surface area contributed by atoms with Gasteiger partial charge in [0.15, 0.2) is 0 Å². The first-order chi connectivity index (χ1) is 12.5. The molecule has 138 valence electrons. The molecule has 3 rings (SSSR count). The van der Waals surface area contributed by atoms with Crippen molar-refractivity contribution in [3.8, 4) is 5.75 Å². The smallest absolute Gasteiger partial charge is 0.231 e. The normalized spacial score (nSPS) is 16.1. The molecule has 26 heavy (non-hydrogen) atoms. The van der Waals surface area contributed by atoms with Crippen molar-refractivity contribution in [1.29, 1.82) is 0 Å². The maximum Gasteiger partial charge on any atom is 0.231 e. The van der Waals surface area contributed by atoms with E-state index in [0.29, 0.717) is 37.6 Å². The molecule has 0 unspecified atom stereocenters. The zero-order valence-corrected chi connectivity index (χ0v) is 15.9.